The van der Waals surface area contributed by atoms with Crippen molar-refractivity contribution >= 4 is 21.8 Å². The maximum atomic E-state index is 11.6. The molecule has 0 aliphatic rings. The lowest BCUT2D eigenvalue weighted by Gasteiger charge is -2.04. The first-order valence-corrected chi connectivity index (χ1v) is 6.89. The second kappa shape index (κ2) is 8.06. The third-order valence-electron chi connectivity index (χ3n) is 2.41. The van der Waals surface area contributed by atoms with Gasteiger partial charge in [0.05, 0.1) is 0 Å². The van der Waals surface area contributed by atoms with E-state index in [9.17, 15) is 9.59 Å². The summed E-state index contributed by atoms with van der Waals surface area (Å²) in [5.74, 6) is -0.299. The Kier molecular flexibility index (Phi) is 6.62. The van der Waals surface area contributed by atoms with Crippen LogP contribution in [0, 0.1) is 0 Å². The second-order valence-corrected chi connectivity index (χ2v) is 4.57. The Morgan fingerprint density at radius 3 is 2.76 bits per heavy atom. The van der Waals surface area contributed by atoms with Crippen LogP contribution in [0.4, 0.5) is 0 Å². The van der Waals surface area contributed by atoms with E-state index >= 15 is 0 Å². The summed E-state index contributed by atoms with van der Waals surface area (Å²) < 4.78 is 0. The van der Waals surface area contributed by atoms with Gasteiger partial charge in [-0.15, -0.1) is 0 Å². The number of carbonyl (C=O) groups excluding carboxylic acids is 1. The van der Waals surface area contributed by atoms with E-state index in [-0.39, 0.29) is 16.9 Å². The third kappa shape index (κ3) is 5.17. The van der Waals surface area contributed by atoms with Crippen LogP contribution in [0.2, 0.25) is 0 Å². The third-order valence-corrected chi connectivity index (χ3v) is 2.98. The minimum atomic E-state index is -0.299. The number of hydrogen-bond acceptors (Lipinski definition) is 2. The molecule has 0 radical (unpaired) electrons. The van der Waals surface area contributed by atoms with Gasteiger partial charge in [-0.05, 0) is 12.8 Å². The van der Waals surface area contributed by atoms with Crippen LogP contribution in [0.1, 0.15) is 36.0 Å². The number of carbonyl (C=O) groups is 1. The molecule has 0 aliphatic heterocycles. The minimum absolute atomic E-state index is 0.174. The van der Waals surface area contributed by atoms with E-state index in [0.717, 1.165) is 31.0 Å². The number of rotatable bonds is 7. The van der Waals surface area contributed by atoms with E-state index in [1.165, 1.54) is 18.5 Å². The molecule has 0 saturated carbocycles. The van der Waals surface area contributed by atoms with E-state index in [1.54, 1.807) is 0 Å². The lowest BCUT2D eigenvalue weighted by molar-refractivity contribution is 0.0951. The first-order chi connectivity index (χ1) is 8.25. The number of aromatic nitrogens is 1. The lowest BCUT2D eigenvalue weighted by Crippen LogP contribution is -2.29. The van der Waals surface area contributed by atoms with Gasteiger partial charge in [-0.3, -0.25) is 9.59 Å². The number of H-pyrrole nitrogens is 1. The molecule has 94 valence electrons. The number of aromatic amines is 1. The lowest BCUT2D eigenvalue weighted by atomic mass is 10.2. The number of unbranched alkanes of at least 4 members (excludes halogenated alkanes) is 3. The molecule has 1 amide bonds. The van der Waals surface area contributed by atoms with E-state index in [4.69, 9.17) is 0 Å². The zero-order valence-electron chi connectivity index (χ0n) is 9.67. The summed E-state index contributed by atoms with van der Waals surface area (Å²) in [5.41, 5.74) is -0.0755. The summed E-state index contributed by atoms with van der Waals surface area (Å²) in [6.07, 6.45) is 7.31. The second-order valence-electron chi connectivity index (χ2n) is 3.78. The van der Waals surface area contributed by atoms with Crippen molar-refractivity contribution in [2.75, 3.05) is 11.9 Å². The van der Waals surface area contributed by atoms with Crippen molar-refractivity contribution < 1.29 is 4.79 Å². The van der Waals surface area contributed by atoms with Gasteiger partial charge in [-0.2, -0.15) is 0 Å². The topological polar surface area (TPSA) is 62.0 Å². The van der Waals surface area contributed by atoms with Gasteiger partial charge in [-0.1, -0.05) is 28.8 Å². The van der Waals surface area contributed by atoms with Gasteiger partial charge < -0.3 is 10.3 Å². The van der Waals surface area contributed by atoms with E-state index in [2.05, 4.69) is 26.2 Å². The molecule has 0 bridgehead atoms. The van der Waals surface area contributed by atoms with Crippen LogP contribution in [-0.2, 0) is 0 Å². The molecule has 4 nitrogen and oxygen atoms in total. The Bertz CT molecular complexity index is 403. The van der Waals surface area contributed by atoms with Gasteiger partial charge in [0.1, 0.15) is 5.56 Å². The number of alkyl halides is 1. The molecule has 1 rings (SSSR count). The first kappa shape index (κ1) is 14.0. The van der Waals surface area contributed by atoms with E-state index in [0.29, 0.717) is 6.54 Å². The minimum Gasteiger partial charge on any atom is -0.367 e. The van der Waals surface area contributed by atoms with E-state index in [1.807, 2.05) is 0 Å². The number of nitrogens with one attached hydrogen (secondary N) is 2. The van der Waals surface area contributed by atoms with Crippen molar-refractivity contribution in [1.82, 2.24) is 10.3 Å². The average Bonchev–Trinajstić information content (AvgIpc) is 2.34. The highest BCUT2D eigenvalue weighted by Crippen LogP contribution is 2.01. The maximum absolute atomic E-state index is 11.6. The fraction of sp³-hybridized carbons (Fsp3) is 0.500. The highest BCUT2D eigenvalue weighted by Gasteiger charge is 2.07. The SMILES string of the molecule is O=C(NCCCCCCBr)c1c[nH]ccc1=O. The van der Waals surface area contributed by atoms with Crippen LogP contribution in [-0.4, -0.2) is 22.8 Å². The molecule has 1 aromatic rings. The summed E-state index contributed by atoms with van der Waals surface area (Å²) in [4.78, 5) is 25.7. The number of amides is 1. The Labute approximate surface area is 109 Å². The quantitative estimate of drug-likeness (QED) is 0.598. The molecule has 0 saturated heterocycles. The standard InChI is InChI=1S/C12H17BrN2O2/c13-6-3-1-2-4-7-15-12(17)10-9-14-8-5-11(10)16/h5,8-9H,1-4,6-7H2,(H,14,16)(H,15,17). The van der Waals surface area contributed by atoms with Crippen LogP contribution < -0.4 is 10.7 Å². The zero-order valence-corrected chi connectivity index (χ0v) is 11.3. The Morgan fingerprint density at radius 1 is 1.29 bits per heavy atom. The fourth-order valence-corrected chi connectivity index (χ4v) is 1.86. The monoisotopic (exact) mass is 300 g/mol. The summed E-state index contributed by atoms with van der Waals surface area (Å²) in [6.45, 7) is 0.620. The molecule has 0 atom stereocenters. The van der Waals surface area contributed by atoms with Crippen molar-refractivity contribution in [3.05, 3.63) is 34.2 Å². The molecule has 1 aromatic heterocycles. The summed E-state index contributed by atoms with van der Waals surface area (Å²) in [6, 6.07) is 1.35. The molecule has 0 spiro atoms. The van der Waals surface area contributed by atoms with Crippen LogP contribution in [0.15, 0.2) is 23.3 Å². The Hall–Kier alpha value is -1.10. The first-order valence-electron chi connectivity index (χ1n) is 5.77. The predicted octanol–water partition coefficient (Wildman–Crippen LogP) is 2.06. The Morgan fingerprint density at radius 2 is 2.06 bits per heavy atom. The summed E-state index contributed by atoms with van der Waals surface area (Å²) in [7, 11) is 0. The van der Waals surface area contributed by atoms with E-state index < -0.39 is 0 Å². The van der Waals surface area contributed by atoms with Gasteiger partial charge in [-0.25, -0.2) is 0 Å². The normalized spacial score (nSPS) is 10.2. The van der Waals surface area contributed by atoms with Gasteiger partial charge in [0.2, 0.25) is 0 Å². The van der Waals surface area contributed by atoms with Crippen molar-refractivity contribution in [3.8, 4) is 0 Å². The number of hydrogen-bond donors (Lipinski definition) is 2. The van der Waals surface area contributed by atoms with Crippen LogP contribution in [0.25, 0.3) is 0 Å². The molecular weight excluding hydrogens is 284 g/mol. The molecular formula is C12H17BrN2O2. The molecule has 0 unspecified atom stereocenters. The maximum Gasteiger partial charge on any atom is 0.256 e. The van der Waals surface area contributed by atoms with Crippen molar-refractivity contribution in [3.63, 3.8) is 0 Å². The smallest absolute Gasteiger partial charge is 0.256 e. The highest BCUT2D eigenvalue weighted by molar-refractivity contribution is 9.09. The van der Waals surface area contributed by atoms with Gasteiger partial charge in [0.15, 0.2) is 5.43 Å². The largest absolute Gasteiger partial charge is 0.367 e. The number of halogens is 1. The Balaban J connectivity index is 2.26. The van der Waals surface area contributed by atoms with Gasteiger partial charge in [0.25, 0.3) is 5.91 Å². The summed E-state index contributed by atoms with van der Waals surface area (Å²) in [5, 5.41) is 3.77. The van der Waals surface area contributed by atoms with Crippen molar-refractivity contribution in [1.29, 1.82) is 0 Å². The average molecular weight is 301 g/mol. The van der Waals surface area contributed by atoms with Crippen LogP contribution >= 0.6 is 15.9 Å². The molecule has 1 heterocycles. The van der Waals surface area contributed by atoms with Crippen LogP contribution in [0.3, 0.4) is 0 Å². The van der Waals surface area contributed by atoms with Crippen molar-refractivity contribution in [2.24, 2.45) is 0 Å². The molecule has 0 fully saturated rings. The molecule has 5 heteroatoms. The predicted molar refractivity (Wildman–Crippen MR) is 71.7 cm³/mol. The molecule has 17 heavy (non-hydrogen) atoms. The summed E-state index contributed by atoms with van der Waals surface area (Å²) >= 11 is 3.37. The van der Waals surface area contributed by atoms with Crippen molar-refractivity contribution in [2.45, 2.75) is 25.7 Å². The van der Waals surface area contributed by atoms with Gasteiger partial charge in [0, 0.05) is 30.3 Å². The highest BCUT2D eigenvalue weighted by atomic mass is 79.9. The van der Waals surface area contributed by atoms with Crippen LogP contribution in [0.5, 0.6) is 0 Å². The molecule has 0 aliphatic carbocycles. The molecule has 0 aromatic carbocycles. The van der Waals surface area contributed by atoms with Gasteiger partial charge >= 0.3 is 0 Å². The number of pyridine rings is 1. The fourth-order valence-electron chi connectivity index (χ4n) is 1.46. The molecule has 2 N–H and O–H groups in total. The zero-order chi connectivity index (χ0) is 12.5.